The number of hydrogen-bond donors (Lipinski definition) is 2. The van der Waals surface area contributed by atoms with Gasteiger partial charge in [0.05, 0.1) is 6.04 Å². The van der Waals surface area contributed by atoms with Crippen LogP contribution in [0.2, 0.25) is 0 Å². The Balaban J connectivity index is 1.71. The van der Waals surface area contributed by atoms with Crippen molar-refractivity contribution in [2.75, 3.05) is 59.5 Å². The van der Waals surface area contributed by atoms with E-state index < -0.39 is 0 Å². The number of carbonyl (C=O) groups is 2. The van der Waals surface area contributed by atoms with E-state index in [-0.39, 0.29) is 17.9 Å². The predicted molar refractivity (Wildman–Crippen MR) is 92.7 cm³/mol. The minimum Gasteiger partial charge on any atom is -0.385 e. The third-order valence-electron chi connectivity index (χ3n) is 5.07. The summed E-state index contributed by atoms with van der Waals surface area (Å²) in [6, 6.07) is -0.149. The number of ether oxygens (including phenoxy) is 1. The molecule has 0 saturated carbocycles. The molecule has 1 unspecified atom stereocenters. The highest BCUT2D eigenvalue weighted by atomic mass is 16.5. The Kier molecular flexibility index (Phi) is 7.94. The zero-order chi connectivity index (χ0) is 17.4. The summed E-state index contributed by atoms with van der Waals surface area (Å²) in [6.07, 6.45) is 2.71. The van der Waals surface area contributed by atoms with Gasteiger partial charge in [0, 0.05) is 52.4 Å². The van der Waals surface area contributed by atoms with E-state index in [9.17, 15) is 9.59 Å². The van der Waals surface area contributed by atoms with Gasteiger partial charge in [-0.05, 0) is 39.3 Å². The molecule has 2 rings (SSSR count). The number of amides is 2. The summed E-state index contributed by atoms with van der Waals surface area (Å²) in [5.74, 6) is 0.538. The van der Waals surface area contributed by atoms with E-state index in [1.54, 1.807) is 7.11 Å². The molecule has 2 amide bonds. The fraction of sp³-hybridized carbons (Fsp3) is 0.882. The number of carbonyl (C=O) groups excluding carboxylic acids is 2. The Morgan fingerprint density at radius 1 is 1.21 bits per heavy atom. The van der Waals surface area contributed by atoms with Crippen molar-refractivity contribution in [1.29, 1.82) is 0 Å². The Bertz CT molecular complexity index is 405. The van der Waals surface area contributed by atoms with E-state index in [1.807, 2.05) is 11.8 Å². The molecule has 0 spiro atoms. The molecule has 2 heterocycles. The summed E-state index contributed by atoms with van der Waals surface area (Å²) in [6.45, 7) is 8.11. The van der Waals surface area contributed by atoms with Crippen LogP contribution in [0, 0.1) is 5.92 Å². The second kappa shape index (κ2) is 9.96. The maximum absolute atomic E-state index is 12.6. The number of piperazine rings is 1. The fourth-order valence-corrected chi connectivity index (χ4v) is 3.40. The van der Waals surface area contributed by atoms with E-state index in [0.717, 1.165) is 58.5 Å². The van der Waals surface area contributed by atoms with Crippen molar-refractivity contribution in [2.45, 2.75) is 32.2 Å². The Morgan fingerprint density at radius 2 is 1.88 bits per heavy atom. The van der Waals surface area contributed by atoms with Crippen LogP contribution in [0.3, 0.4) is 0 Å². The number of methoxy groups -OCH3 is 1. The molecule has 0 aromatic rings. The highest BCUT2D eigenvalue weighted by Crippen LogP contribution is 2.17. The molecule has 2 saturated heterocycles. The van der Waals surface area contributed by atoms with E-state index >= 15 is 0 Å². The van der Waals surface area contributed by atoms with Gasteiger partial charge in [-0.2, -0.15) is 0 Å². The Hall–Kier alpha value is -1.18. The van der Waals surface area contributed by atoms with Crippen molar-refractivity contribution in [2.24, 2.45) is 5.92 Å². The lowest BCUT2D eigenvalue weighted by molar-refractivity contribution is -0.139. The summed E-state index contributed by atoms with van der Waals surface area (Å²) in [7, 11) is 1.66. The van der Waals surface area contributed by atoms with E-state index in [2.05, 4.69) is 15.5 Å². The summed E-state index contributed by atoms with van der Waals surface area (Å²) in [5, 5.41) is 6.25. The number of hydrogen-bond acceptors (Lipinski definition) is 5. The maximum atomic E-state index is 12.6. The van der Waals surface area contributed by atoms with Crippen LogP contribution in [0.5, 0.6) is 0 Å². The van der Waals surface area contributed by atoms with Crippen LogP contribution in [0.4, 0.5) is 0 Å². The molecule has 2 aliphatic heterocycles. The van der Waals surface area contributed by atoms with Gasteiger partial charge in [-0.1, -0.05) is 0 Å². The van der Waals surface area contributed by atoms with Crippen molar-refractivity contribution in [3.8, 4) is 0 Å². The minimum absolute atomic E-state index is 0.0595. The summed E-state index contributed by atoms with van der Waals surface area (Å²) < 4.78 is 4.98. The number of piperidine rings is 1. The summed E-state index contributed by atoms with van der Waals surface area (Å²) >= 11 is 0. The van der Waals surface area contributed by atoms with Gasteiger partial charge in [0.15, 0.2) is 0 Å². The van der Waals surface area contributed by atoms with Crippen LogP contribution >= 0.6 is 0 Å². The van der Waals surface area contributed by atoms with Crippen molar-refractivity contribution in [3.63, 3.8) is 0 Å². The standard InChI is InChI=1S/C17H32N4O3/c1-14(16(22)19-6-3-13-24-2)20-9-11-21(12-10-20)17(23)15-4-7-18-8-5-15/h14-15,18H,3-13H2,1-2H3,(H,19,22). The molecule has 2 aliphatic rings. The van der Waals surface area contributed by atoms with Gasteiger partial charge in [-0.15, -0.1) is 0 Å². The van der Waals surface area contributed by atoms with Crippen molar-refractivity contribution in [3.05, 3.63) is 0 Å². The van der Waals surface area contributed by atoms with Gasteiger partial charge < -0.3 is 20.3 Å². The number of nitrogens with zero attached hydrogens (tertiary/aromatic N) is 2. The molecule has 7 heteroatoms. The molecule has 138 valence electrons. The Labute approximate surface area is 145 Å². The molecule has 0 aliphatic carbocycles. The zero-order valence-electron chi connectivity index (χ0n) is 15.1. The maximum Gasteiger partial charge on any atom is 0.237 e. The second-order valence-corrected chi connectivity index (χ2v) is 6.70. The molecule has 0 radical (unpaired) electrons. The zero-order valence-corrected chi connectivity index (χ0v) is 15.1. The molecule has 0 bridgehead atoms. The van der Waals surface area contributed by atoms with Crippen LogP contribution in [0.25, 0.3) is 0 Å². The quantitative estimate of drug-likeness (QED) is 0.621. The summed E-state index contributed by atoms with van der Waals surface area (Å²) in [5.41, 5.74) is 0. The van der Waals surface area contributed by atoms with Crippen LogP contribution in [-0.2, 0) is 14.3 Å². The first-order valence-electron chi connectivity index (χ1n) is 9.13. The average Bonchev–Trinajstić information content (AvgIpc) is 2.64. The predicted octanol–water partition coefficient (Wildman–Crippen LogP) is -0.329. The van der Waals surface area contributed by atoms with Crippen LogP contribution in [0.15, 0.2) is 0 Å². The van der Waals surface area contributed by atoms with Crippen LogP contribution < -0.4 is 10.6 Å². The van der Waals surface area contributed by atoms with Gasteiger partial charge in [-0.25, -0.2) is 0 Å². The third kappa shape index (κ3) is 5.43. The van der Waals surface area contributed by atoms with Gasteiger partial charge in [0.1, 0.15) is 0 Å². The second-order valence-electron chi connectivity index (χ2n) is 6.70. The monoisotopic (exact) mass is 340 g/mol. The molecule has 0 aromatic carbocycles. The molecule has 24 heavy (non-hydrogen) atoms. The van der Waals surface area contributed by atoms with E-state index in [1.165, 1.54) is 0 Å². The number of nitrogens with one attached hydrogen (secondary N) is 2. The smallest absolute Gasteiger partial charge is 0.237 e. The summed E-state index contributed by atoms with van der Waals surface area (Å²) in [4.78, 5) is 28.9. The van der Waals surface area contributed by atoms with Gasteiger partial charge in [0.2, 0.25) is 11.8 Å². The molecule has 2 fully saturated rings. The van der Waals surface area contributed by atoms with Crippen LogP contribution in [0.1, 0.15) is 26.2 Å². The SMILES string of the molecule is COCCCNC(=O)C(C)N1CCN(C(=O)C2CCNCC2)CC1. The van der Waals surface area contributed by atoms with Gasteiger partial charge in [-0.3, -0.25) is 14.5 Å². The first kappa shape index (κ1) is 19.1. The molecule has 7 nitrogen and oxygen atoms in total. The molecular formula is C17H32N4O3. The highest BCUT2D eigenvalue weighted by molar-refractivity contribution is 5.81. The lowest BCUT2D eigenvalue weighted by Crippen LogP contribution is -2.56. The van der Waals surface area contributed by atoms with Gasteiger partial charge >= 0.3 is 0 Å². The Morgan fingerprint density at radius 3 is 2.50 bits per heavy atom. The first-order valence-corrected chi connectivity index (χ1v) is 9.13. The van der Waals surface area contributed by atoms with E-state index in [4.69, 9.17) is 4.74 Å². The molecule has 1 atom stereocenters. The highest BCUT2D eigenvalue weighted by Gasteiger charge is 2.30. The molecule has 0 aromatic heterocycles. The normalized spacial score (nSPS) is 21.5. The first-order chi connectivity index (χ1) is 11.6. The topological polar surface area (TPSA) is 73.9 Å². The van der Waals surface area contributed by atoms with Crippen molar-refractivity contribution in [1.82, 2.24) is 20.4 Å². The lowest BCUT2D eigenvalue weighted by Gasteiger charge is -2.39. The fourth-order valence-electron chi connectivity index (χ4n) is 3.40. The van der Waals surface area contributed by atoms with Crippen LogP contribution in [-0.4, -0.2) is 87.2 Å². The lowest BCUT2D eigenvalue weighted by atomic mass is 9.96. The minimum atomic E-state index is -0.149. The van der Waals surface area contributed by atoms with Gasteiger partial charge in [0.25, 0.3) is 0 Å². The van der Waals surface area contributed by atoms with Crippen molar-refractivity contribution >= 4 is 11.8 Å². The molecular weight excluding hydrogens is 308 g/mol. The largest absolute Gasteiger partial charge is 0.385 e. The van der Waals surface area contributed by atoms with E-state index in [0.29, 0.717) is 19.1 Å². The van der Waals surface area contributed by atoms with Crippen molar-refractivity contribution < 1.29 is 14.3 Å². The third-order valence-corrected chi connectivity index (χ3v) is 5.07. The number of rotatable bonds is 7. The average molecular weight is 340 g/mol. The molecule has 2 N–H and O–H groups in total.